The molecule has 4 rings (SSSR count). The predicted molar refractivity (Wildman–Crippen MR) is 107 cm³/mol. The van der Waals surface area contributed by atoms with Crippen LogP contribution < -0.4 is 10.6 Å². The number of fused-ring (bicyclic) bond motifs is 1. The summed E-state index contributed by atoms with van der Waals surface area (Å²) >= 11 is 0. The van der Waals surface area contributed by atoms with Gasteiger partial charge in [0, 0.05) is 54.4 Å². The van der Waals surface area contributed by atoms with Gasteiger partial charge in [0.1, 0.15) is 11.3 Å². The second-order valence-electron chi connectivity index (χ2n) is 6.13. The minimum atomic E-state index is -0.245. The van der Waals surface area contributed by atoms with E-state index in [1.54, 1.807) is 13.2 Å². The van der Waals surface area contributed by atoms with E-state index in [9.17, 15) is 4.79 Å². The summed E-state index contributed by atoms with van der Waals surface area (Å²) in [4.78, 5) is 19.0. The first kappa shape index (κ1) is 16.8. The van der Waals surface area contributed by atoms with E-state index in [1.807, 2.05) is 47.3 Å². The lowest BCUT2D eigenvalue weighted by molar-refractivity contribution is 0.254. The number of H-pyrrole nitrogens is 1. The molecule has 27 heavy (non-hydrogen) atoms. The molecule has 0 saturated heterocycles. The number of carbonyl (C=O) groups excluding carboxylic acids is 1. The van der Waals surface area contributed by atoms with Gasteiger partial charge in [-0.1, -0.05) is 12.1 Å². The predicted octanol–water partition coefficient (Wildman–Crippen LogP) is 3.86. The van der Waals surface area contributed by atoms with Gasteiger partial charge in [0.25, 0.3) is 0 Å². The second kappa shape index (κ2) is 6.95. The topological polar surface area (TPSA) is 87.6 Å². The van der Waals surface area contributed by atoms with Gasteiger partial charge in [0.15, 0.2) is 0 Å². The van der Waals surface area contributed by atoms with Crippen molar-refractivity contribution < 1.29 is 4.79 Å². The Labute approximate surface area is 156 Å². The Morgan fingerprint density at radius 3 is 2.70 bits per heavy atom. The Morgan fingerprint density at radius 1 is 1.15 bits per heavy atom. The first-order valence-corrected chi connectivity index (χ1v) is 8.78. The highest BCUT2D eigenvalue weighted by atomic mass is 16.2. The van der Waals surface area contributed by atoms with E-state index in [-0.39, 0.29) is 6.03 Å². The van der Waals surface area contributed by atoms with E-state index in [2.05, 4.69) is 33.7 Å². The zero-order valence-corrected chi connectivity index (χ0v) is 15.2. The second-order valence-corrected chi connectivity index (χ2v) is 6.13. The van der Waals surface area contributed by atoms with Crippen molar-refractivity contribution in [2.24, 2.45) is 0 Å². The standard InChI is InChI=1S/C20H20N6O/c1-3-26-12-17(15-8-10-22-19-16(15)9-11-23-19)18(25-26)13-4-6-14(7-5-13)24-20(27)21-2/h4-12H,3H2,1-2H3,(H,22,23)(H2,21,24,27). The molecule has 0 spiro atoms. The Hall–Kier alpha value is -3.61. The minimum absolute atomic E-state index is 0.245. The van der Waals surface area contributed by atoms with Crippen molar-refractivity contribution in [1.29, 1.82) is 0 Å². The third-order valence-corrected chi connectivity index (χ3v) is 4.48. The van der Waals surface area contributed by atoms with E-state index in [0.29, 0.717) is 0 Å². The van der Waals surface area contributed by atoms with Gasteiger partial charge >= 0.3 is 6.03 Å². The third-order valence-electron chi connectivity index (χ3n) is 4.48. The lowest BCUT2D eigenvalue weighted by Gasteiger charge is -2.07. The van der Waals surface area contributed by atoms with Crippen LogP contribution in [-0.4, -0.2) is 32.8 Å². The number of anilines is 1. The molecule has 136 valence electrons. The molecule has 3 aromatic heterocycles. The Balaban J connectivity index is 1.79. The van der Waals surface area contributed by atoms with E-state index >= 15 is 0 Å². The molecule has 0 unspecified atom stereocenters. The molecule has 0 saturated carbocycles. The summed E-state index contributed by atoms with van der Waals surface area (Å²) in [5.74, 6) is 0. The summed E-state index contributed by atoms with van der Waals surface area (Å²) in [5.41, 5.74) is 5.61. The molecule has 0 atom stereocenters. The van der Waals surface area contributed by atoms with Crippen LogP contribution in [0.15, 0.2) is 55.0 Å². The largest absolute Gasteiger partial charge is 0.346 e. The molecule has 0 aliphatic heterocycles. The van der Waals surface area contributed by atoms with Gasteiger partial charge in [-0.25, -0.2) is 9.78 Å². The summed E-state index contributed by atoms with van der Waals surface area (Å²) in [6, 6.07) is 11.5. The van der Waals surface area contributed by atoms with E-state index < -0.39 is 0 Å². The molecule has 0 aliphatic rings. The Morgan fingerprint density at radius 2 is 1.96 bits per heavy atom. The van der Waals surface area contributed by atoms with Gasteiger partial charge in [-0.15, -0.1) is 0 Å². The number of aromatic amines is 1. The maximum Gasteiger partial charge on any atom is 0.318 e. The molecule has 4 aromatic rings. The van der Waals surface area contributed by atoms with Crippen molar-refractivity contribution in [3.8, 4) is 22.4 Å². The van der Waals surface area contributed by atoms with Crippen molar-refractivity contribution in [2.45, 2.75) is 13.5 Å². The maximum atomic E-state index is 11.5. The fraction of sp³-hybridized carbons (Fsp3) is 0.150. The van der Waals surface area contributed by atoms with Crippen molar-refractivity contribution in [1.82, 2.24) is 25.1 Å². The molecule has 1 aromatic carbocycles. The SMILES string of the molecule is CCn1cc(-c2ccnc3[nH]ccc23)c(-c2ccc(NC(=O)NC)cc2)n1. The molecular weight excluding hydrogens is 340 g/mol. The fourth-order valence-electron chi connectivity index (χ4n) is 3.09. The van der Waals surface area contributed by atoms with Crippen LogP contribution in [0.3, 0.4) is 0 Å². The summed E-state index contributed by atoms with van der Waals surface area (Å²) in [6.45, 7) is 2.85. The number of aryl methyl sites for hydroxylation is 1. The number of amides is 2. The van der Waals surface area contributed by atoms with Crippen LogP contribution in [0, 0.1) is 0 Å². The number of nitrogens with zero attached hydrogens (tertiary/aromatic N) is 3. The van der Waals surface area contributed by atoms with E-state index in [1.165, 1.54) is 0 Å². The van der Waals surface area contributed by atoms with Crippen LogP contribution in [-0.2, 0) is 6.54 Å². The number of aromatic nitrogens is 4. The fourth-order valence-corrected chi connectivity index (χ4v) is 3.09. The average molecular weight is 360 g/mol. The highest BCUT2D eigenvalue weighted by Gasteiger charge is 2.16. The number of hydrogen-bond acceptors (Lipinski definition) is 3. The van der Waals surface area contributed by atoms with Crippen LogP contribution in [0.4, 0.5) is 10.5 Å². The van der Waals surface area contributed by atoms with Crippen LogP contribution in [0.5, 0.6) is 0 Å². The van der Waals surface area contributed by atoms with Crippen LogP contribution >= 0.6 is 0 Å². The van der Waals surface area contributed by atoms with Crippen LogP contribution in [0.1, 0.15) is 6.92 Å². The summed E-state index contributed by atoms with van der Waals surface area (Å²) in [6.07, 6.45) is 5.76. The first-order chi connectivity index (χ1) is 13.2. The molecule has 7 nitrogen and oxygen atoms in total. The van der Waals surface area contributed by atoms with Crippen molar-refractivity contribution in [2.75, 3.05) is 12.4 Å². The lowest BCUT2D eigenvalue weighted by Crippen LogP contribution is -2.24. The Kier molecular flexibility index (Phi) is 4.33. The summed E-state index contributed by atoms with van der Waals surface area (Å²) in [5, 5.41) is 11.1. The minimum Gasteiger partial charge on any atom is -0.346 e. The molecule has 0 radical (unpaired) electrons. The number of nitrogens with one attached hydrogen (secondary N) is 3. The number of carbonyl (C=O) groups is 1. The van der Waals surface area contributed by atoms with E-state index in [0.717, 1.165) is 45.6 Å². The third kappa shape index (κ3) is 3.15. The first-order valence-electron chi connectivity index (χ1n) is 8.78. The van der Waals surface area contributed by atoms with Gasteiger partial charge in [0.2, 0.25) is 0 Å². The van der Waals surface area contributed by atoms with Crippen LogP contribution in [0.25, 0.3) is 33.4 Å². The Bertz CT molecular complexity index is 1090. The number of rotatable bonds is 4. The summed E-state index contributed by atoms with van der Waals surface area (Å²) in [7, 11) is 1.59. The summed E-state index contributed by atoms with van der Waals surface area (Å²) < 4.78 is 1.93. The molecular formula is C20H20N6O. The molecule has 0 aliphatic carbocycles. The molecule has 7 heteroatoms. The lowest BCUT2D eigenvalue weighted by atomic mass is 10.0. The average Bonchev–Trinajstić information content (AvgIpc) is 3.35. The van der Waals surface area contributed by atoms with Crippen molar-refractivity contribution in [3.63, 3.8) is 0 Å². The molecule has 3 N–H and O–H groups in total. The molecule has 3 heterocycles. The van der Waals surface area contributed by atoms with Gasteiger partial charge < -0.3 is 15.6 Å². The zero-order valence-electron chi connectivity index (χ0n) is 15.2. The monoisotopic (exact) mass is 360 g/mol. The number of benzene rings is 1. The van der Waals surface area contributed by atoms with Gasteiger partial charge in [-0.05, 0) is 36.8 Å². The molecule has 0 fully saturated rings. The highest BCUT2D eigenvalue weighted by Crippen LogP contribution is 2.35. The number of urea groups is 1. The highest BCUT2D eigenvalue weighted by molar-refractivity contribution is 5.97. The number of hydrogen-bond donors (Lipinski definition) is 3. The number of pyridine rings is 1. The zero-order chi connectivity index (χ0) is 18.8. The van der Waals surface area contributed by atoms with E-state index in [4.69, 9.17) is 5.10 Å². The quantitative estimate of drug-likeness (QED) is 0.516. The molecule has 0 bridgehead atoms. The normalized spacial score (nSPS) is 10.9. The molecule has 2 amide bonds. The van der Waals surface area contributed by atoms with Crippen LogP contribution in [0.2, 0.25) is 0 Å². The van der Waals surface area contributed by atoms with Crippen molar-refractivity contribution >= 4 is 22.8 Å². The van der Waals surface area contributed by atoms with Gasteiger partial charge in [-0.2, -0.15) is 5.10 Å². The smallest absolute Gasteiger partial charge is 0.318 e. The maximum absolute atomic E-state index is 11.5. The van der Waals surface area contributed by atoms with Crippen molar-refractivity contribution in [3.05, 3.63) is 55.0 Å². The van der Waals surface area contributed by atoms with Gasteiger partial charge in [0.05, 0.1) is 0 Å². The van der Waals surface area contributed by atoms with Gasteiger partial charge in [-0.3, -0.25) is 4.68 Å².